The van der Waals surface area contributed by atoms with Gasteiger partial charge in [0.05, 0.1) is 6.54 Å². The summed E-state index contributed by atoms with van der Waals surface area (Å²) in [5.41, 5.74) is -0.295. The molecule has 0 spiro atoms. The van der Waals surface area contributed by atoms with Gasteiger partial charge in [-0.3, -0.25) is 4.79 Å². The summed E-state index contributed by atoms with van der Waals surface area (Å²) >= 11 is 0. The first-order chi connectivity index (χ1) is 7.65. The zero-order valence-electron chi connectivity index (χ0n) is 8.59. The van der Waals surface area contributed by atoms with Gasteiger partial charge in [0, 0.05) is 6.54 Å². The van der Waals surface area contributed by atoms with Crippen LogP contribution in [0, 0.1) is 11.6 Å². The summed E-state index contributed by atoms with van der Waals surface area (Å²) in [6.45, 7) is 3.55. The third kappa shape index (κ3) is 3.34. The van der Waals surface area contributed by atoms with Crippen LogP contribution in [0.15, 0.2) is 30.9 Å². The van der Waals surface area contributed by atoms with Crippen LogP contribution in [0.5, 0.6) is 0 Å². The number of nitrogens with one attached hydrogen (secondary N) is 2. The summed E-state index contributed by atoms with van der Waals surface area (Å²) in [7, 11) is 0. The molecule has 0 unspecified atom stereocenters. The van der Waals surface area contributed by atoms with E-state index < -0.39 is 11.6 Å². The van der Waals surface area contributed by atoms with E-state index in [0.29, 0.717) is 6.54 Å². The van der Waals surface area contributed by atoms with E-state index in [1.54, 1.807) is 0 Å². The molecule has 0 aromatic heterocycles. The molecule has 0 heterocycles. The number of para-hydroxylation sites is 1. The highest BCUT2D eigenvalue weighted by Crippen LogP contribution is 2.17. The molecule has 0 bridgehead atoms. The number of hydrogen-bond donors (Lipinski definition) is 2. The van der Waals surface area contributed by atoms with Gasteiger partial charge in [0.1, 0.15) is 17.3 Å². The molecule has 3 nitrogen and oxygen atoms in total. The van der Waals surface area contributed by atoms with Crippen LogP contribution in [-0.4, -0.2) is 19.0 Å². The van der Waals surface area contributed by atoms with Gasteiger partial charge >= 0.3 is 0 Å². The summed E-state index contributed by atoms with van der Waals surface area (Å²) in [5.74, 6) is -1.81. The van der Waals surface area contributed by atoms with Crippen molar-refractivity contribution in [3.05, 3.63) is 42.5 Å². The molecule has 1 aromatic carbocycles. The minimum Gasteiger partial charge on any atom is -0.371 e. The topological polar surface area (TPSA) is 41.1 Å². The van der Waals surface area contributed by atoms with E-state index in [9.17, 15) is 13.6 Å². The number of halogens is 2. The van der Waals surface area contributed by atoms with Crippen molar-refractivity contribution in [3.8, 4) is 0 Å². The van der Waals surface area contributed by atoms with Gasteiger partial charge < -0.3 is 10.6 Å². The number of carbonyl (C=O) groups is 1. The highest BCUT2D eigenvalue weighted by molar-refractivity contribution is 5.80. The maximum atomic E-state index is 13.1. The first-order valence-corrected chi connectivity index (χ1v) is 4.70. The molecule has 0 aliphatic carbocycles. The molecule has 2 N–H and O–H groups in total. The molecule has 0 atom stereocenters. The molecule has 5 heteroatoms. The molecule has 0 saturated carbocycles. The van der Waals surface area contributed by atoms with Crippen LogP contribution in [0.1, 0.15) is 0 Å². The van der Waals surface area contributed by atoms with E-state index in [2.05, 4.69) is 17.2 Å². The number of benzene rings is 1. The van der Waals surface area contributed by atoms with Crippen LogP contribution >= 0.6 is 0 Å². The Morgan fingerprint density at radius 3 is 2.56 bits per heavy atom. The summed E-state index contributed by atoms with van der Waals surface area (Å²) in [6.07, 6.45) is 1.52. The van der Waals surface area contributed by atoms with E-state index in [1.807, 2.05) is 0 Å². The van der Waals surface area contributed by atoms with Gasteiger partial charge in [-0.2, -0.15) is 0 Å². The van der Waals surface area contributed by atoms with E-state index in [-0.39, 0.29) is 18.1 Å². The Labute approximate surface area is 92.2 Å². The minimum absolute atomic E-state index is 0.189. The summed E-state index contributed by atoms with van der Waals surface area (Å²) in [5, 5.41) is 4.87. The average Bonchev–Trinajstić information content (AvgIpc) is 2.25. The summed E-state index contributed by atoms with van der Waals surface area (Å²) < 4.78 is 26.2. The number of anilines is 1. The normalized spacial score (nSPS) is 9.62. The molecule has 1 rings (SSSR count). The number of carbonyl (C=O) groups excluding carboxylic acids is 1. The Bertz CT molecular complexity index is 373. The van der Waals surface area contributed by atoms with E-state index in [1.165, 1.54) is 12.1 Å². The van der Waals surface area contributed by atoms with Crippen molar-refractivity contribution in [2.45, 2.75) is 0 Å². The number of hydrogen-bond acceptors (Lipinski definition) is 2. The van der Waals surface area contributed by atoms with Crippen molar-refractivity contribution in [2.75, 3.05) is 18.4 Å². The molecule has 0 saturated heterocycles. The largest absolute Gasteiger partial charge is 0.371 e. The van der Waals surface area contributed by atoms with E-state index in [0.717, 1.165) is 12.1 Å². The van der Waals surface area contributed by atoms with Crippen LogP contribution in [0.25, 0.3) is 0 Å². The van der Waals surface area contributed by atoms with Gasteiger partial charge in [-0.05, 0) is 12.1 Å². The number of rotatable bonds is 5. The SMILES string of the molecule is C=CCNC(=O)CNc1c(F)cccc1F. The molecule has 0 aliphatic heterocycles. The maximum Gasteiger partial charge on any atom is 0.239 e. The average molecular weight is 226 g/mol. The molecule has 86 valence electrons. The van der Waals surface area contributed by atoms with Crippen LogP contribution in [0.3, 0.4) is 0 Å². The van der Waals surface area contributed by atoms with Gasteiger partial charge in [-0.25, -0.2) is 8.78 Å². The molecule has 0 aliphatic rings. The van der Waals surface area contributed by atoms with Crippen molar-refractivity contribution < 1.29 is 13.6 Å². The maximum absolute atomic E-state index is 13.1. The molecular formula is C11H12F2N2O. The molecule has 16 heavy (non-hydrogen) atoms. The fraction of sp³-hybridized carbons (Fsp3) is 0.182. The molecular weight excluding hydrogens is 214 g/mol. The Hall–Kier alpha value is -1.91. The zero-order valence-corrected chi connectivity index (χ0v) is 8.59. The fourth-order valence-corrected chi connectivity index (χ4v) is 1.08. The van der Waals surface area contributed by atoms with Gasteiger partial charge in [0.15, 0.2) is 0 Å². The highest BCUT2D eigenvalue weighted by atomic mass is 19.1. The van der Waals surface area contributed by atoms with Gasteiger partial charge in [-0.15, -0.1) is 6.58 Å². The van der Waals surface area contributed by atoms with Gasteiger partial charge in [-0.1, -0.05) is 12.1 Å². The fourth-order valence-electron chi connectivity index (χ4n) is 1.08. The van der Waals surface area contributed by atoms with Crippen LogP contribution in [0.4, 0.5) is 14.5 Å². The van der Waals surface area contributed by atoms with Crippen molar-refractivity contribution in [1.29, 1.82) is 0 Å². The second-order valence-corrected chi connectivity index (χ2v) is 3.04. The van der Waals surface area contributed by atoms with Crippen LogP contribution in [-0.2, 0) is 4.79 Å². The summed E-state index contributed by atoms with van der Waals surface area (Å²) in [6, 6.07) is 3.49. The Morgan fingerprint density at radius 1 is 1.38 bits per heavy atom. The van der Waals surface area contributed by atoms with Crippen molar-refractivity contribution >= 4 is 11.6 Å². The van der Waals surface area contributed by atoms with E-state index in [4.69, 9.17) is 0 Å². The Balaban J connectivity index is 2.54. The van der Waals surface area contributed by atoms with Crippen molar-refractivity contribution in [2.24, 2.45) is 0 Å². The molecule has 1 aromatic rings. The lowest BCUT2D eigenvalue weighted by Crippen LogP contribution is -2.30. The lowest BCUT2D eigenvalue weighted by Gasteiger charge is -2.08. The lowest BCUT2D eigenvalue weighted by molar-refractivity contribution is -0.119. The molecule has 0 radical (unpaired) electrons. The standard InChI is InChI=1S/C11H12F2N2O/c1-2-6-14-10(16)7-15-11-8(12)4-3-5-9(11)13/h2-5,15H,1,6-7H2,(H,14,16). The third-order valence-corrected chi connectivity index (χ3v) is 1.83. The highest BCUT2D eigenvalue weighted by Gasteiger charge is 2.08. The Morgan fingerprint density at radius 2 is 2.00 bits per heavy atom. The van der Waals surface area contributed by atoms with Gasteiger partial charge in [0.2, 0.25) is 5.91 Å². The van der Waals surface area contributed by atoms with Crippen LogP contribution < -0.4 is 10.6 Å². The number of amides is 1. The predicted molar refractivity (Wildman–Crippen MR) is 58.1 cm³/mol. The first-order valence-electron chi connectivity index (χ1n) is 4.70. The second-order valence-electron chi connectivity index (χ2n) is 3.04. The van der Waals surface area contributed by atoms with Crippen LogP contribution in [0.2, 0.25) is 0 Å². The minimum atomic E-state index is -0.725. The van der Waals surface area contributed by atoms with Gasteiger partial charge in [0.25, 0.3) is 0 Å². The third-order valence-electron chi connectivity index (χ3n) is 1.83. The molecule has 1 amide bonds. The second kappa shape index (κ2) is 5.85. The monoisotopic (exact) mass is 226 g/mol. The quantitative estimate of drug-likeness (QED) is 0.750. The van der Waals surface area contributed by atoms with Crippen molar-refractivity contribution in [3.63, 3.8) is 0 Å². The van der Waals surface area contributed by atoms with E-state index >= 15 is 0 Å². The smallest absolute Gasteiger partial charge is 0.239 e. The predicted octanol–water partition coefficient (Wildman–Crippen LogP) is 1.68. The lowest BCUT2D eigenvalue weighted by atomic mass is 10.3. The molecule has 0 fully saturated rings. The first kappa shape index (κ1) is 12.2. The zero-order chi connectivity index (χ0) is 12.0. The summed E-state index contributed by atoms with van der Waals surface area (Å²) in [4.78, 5) is 11.1. The van der Waals surface area contributed by atoms with Crippen molar-refractivity contribution in [1.82, 2.24) is 5.32 Å². The Kier molecular flexibility index (Phi) is 4.44.